The Morgan fingerprint density at radius 2 is 1.72 bits per heavy atom. The molecule has 0 bridgehead atoms. The minimum absolute atomic E-state index is 0.241. The van der Waals surface area contributed by atoms with Crippen molar-refractivity contribution in [2.75, 3.05) is 4.72 Å². The van der Waals surface area contributed by atoms with Crippen molar-refractivity contribution in [2.24, 2.45) is 0 Å². The van der Waals surface area contributed by atoms with Crippen LogP contribution in [0, 0.1) is 13.8 Å². The second kappa shape index (κ2) is 7.85. The van der Waals surface area contributed by atoms with E-state index in [1.165, 1.54) is 0 Å². The summed E-state index contributed by atoms with van der Waals surface area (Å²) in [5.74, 6) is 0.689. The molecule has 32 heavy (non-hydrogen) atoms. The van der Waals surface area contributed by atoms with Crippen LogP contribution in [-0.4, -0.2) is 28.2 Å². The van der Waals surface area contributed by atoms with E-state index in [0.717, 1.165) is 27.3 Å². The van der Waals surface area contributed by atoms with Crippen LogP contribution in [0.15, 0.2) is 77.0 Å². The van der Waals surface area contributed by atoms with Gasteiger partial charge in [0.1, 0.15) is 0 Å². The number of hydrogen-bond donors (Lipinski definition) is 1. The number of anilines is 1. The third-order valence-corrected chi connectivity index (χ3v) is 7.47. The van der Waals surface area contributed by atoms with E-state index in [9.17, 15) is 8.42 Å². The van der Waals surface area contributed by atoms with Gasteiger partial charge in [0.05, 0.1) is 15.5 Å². The molecule has 5 aromatic rings. The molecule has 0 aliphatic carbocycles. The van der Waals surface area contributed by atoms with Crippen molar-refractivity contribution in [3.8, 4) is 22.0 Å². The molecule has 0 aliphatic rings. The average Bonchev–Trinajstić information content (AvgIpc) is 3.45. The summed E-state index contributed by atoms with van der Waals surface area (Å²) in [5.41, 5.74) is 4.71. The number of benzene rings is 2. The molecule has 0 saturated heterocycles. The summed E-state index contributed by atoms with van der Waals surface area (Å²) >= 11 is 1.58. The van der Waals surface area contributed by atoms with E-state index in [0.29, 0.717) is 17.2 Å². The Balaban J connectivity index is 1.43. The van der Waals surface area contributed by atoms with Gasteiger partial charge >= 0.3 is 0 Å². The van der Waals surface area contributed by atoms with Gasteiger partial charge in [-0.2, -0.15) is 9.61 Å². The highest BCUT2D eigenvalue weighted by Crippen LogP contribution is 2.26. The highest BCUT2D eigenvalue weighted by molar-refractivity contribution is 7.92. The standard InChI is InChI=1S/C23H19N5O2S2/c1-15-5-10-19(14-16(15)2)32(29,30)27-18-8-6-17(7-9-18)20-11-12-22-24-25-23(28(22)26-20)21-4-3-13-31-21/h3-14,27H,1-2H3. The molecule has 0 saturated carbocycles. The molecule has 0 spiro atoms. The van der Waals surface area contributed by atoms with Gasteiger partial charge in [-0.1, -0.05) is 24.3 Å². The molecule has 2 aromatic carbocycles. The number of aryl methyl sites for hydroxylation is 2. The summed E-state index contributed by atoms with van der Waals surface area (Å²) in [6.07, 6.45) is 0. The first-order valence-electron chi connectivity index (χ1n) is 9.87. The quantitative estimate of drug-likeness (QED) is 0.401. The Morgan fingerprint density at radius 1 is 0.906 bits per heavy atom. The van der Waals surface area contributed by atoms with Gasteiger partial charge in [-0.25, -0.2) is 8.42 Å². The molecule has 7 nitrogen and oxygen atoms in total. The topological polar surface area (TPSA) is 89.2 Å². The molecular formula is C23H19N5O2S2. The van der Waals surface area contributed by atoms with Gasteiger partial charge in [-0.05, 0) is 72.8 Å². The van der Waals surface area contributed by atoms with Crippen LogP contribution in [0.25, 0.3) is 27.6 Å². The van der Waals surface area contributed by atoms with Crippen LogP contribution in [-0.2, 0) is 10.0 Å². The van der Waals surface area contributed by atoms with Crippen LogP contribution in [0.2, 0.25) is 0 Å². The predicted molar refractivity (Wildman–Crippen MR) is 126 cm³/mol. The third-order valence-electron chi connectivity index (χ3n) is 5.23. The maximum Gasteiger partial charge on any atom is 0.261 e. The zero-order valence-corrected chi connectivity index (χ0v) is 19.0. The zero-order valence-electron chi connectivity index (χ0n) is 17.4. The number of thiophene rings is 1. The van der Waals surface area contributed by atoms with Crippen LogP contribution in [0.5, 0.6) is 0 Å². The van der Waals surface area contributed by atoms with Crippen LogP contribution >= 0.6 is 11.3 Å². The monoisotopic (exact) mass is 461 g/mol. The Kier molecular flexibility index (Phi) is 4.99. The fourth-order valence-corrected chi connectivity index (χ4v) is 5.14. The molecule has 160 valence electrons. The molecule has 9 heteroatoms. The SMILES string of the molecule is Cc1ccc(S(=O)(=O)Nc2ccc(-c3ccc4nnc(-c5cccs5)n4n3)cc2)cc1C. The minimum Gasteiger partial charge on any atom is -0.280 e. The van der Waals surface area contributed by atoms with E-state index in [2.05, 4.69) is 14.9 Å². The maximum absolute atomic E-state index is 12.7. The van der Waals surface area contributed by atoms with Crippen molar-refractivity contribution < 1.29 is 8.42 Å². The van der Waals surface area contributed by atoms with Crippen molar-refractivity contribution in [2.45, 2.75) is 18.7 Å². The van der Waals surface area contributed by atoms with Crippen molar-refractivity contribution in [3.63, 3.8) is 0 Å². The Labute approximate surface area is 189 Å². The highest BCUT2D eigenvalue weighted by atomic mass is 32.2. The normalized spacial score (nSPS) is 11.7. The smallest absolute Gasteiger partial charge is 0.261 e. The molecule has 0 aliphatic heterocycles. The summed E-state index contributed by atoms with van der Waals surface area (Å²) in [4.78, 5) is 1.23. The van der Waals surface area contributed by atoms with Gasteiger partial charge < -0.3 is 0 Å². The van der Waals surface area contributed by atoms with Crippen LogP contribution in [0.4, 0.5) is 5.69 Å². The van der Waals surface area contributed by atoms with E-state index in [1.807, 2.05) is 61.7 Å². The first-order valence-corrected chi connectivity index (χ1v) is 12.2. The van der Waals surface area contributed by atoms with E-state index in [-0.39, 0.29) is 4.90 Å². The van der Waals surface area contributed by atoms with Gasteiger partial charge in [0.15, 0.2) is 11.5 Å². The van der Waals surface area contributed by atoms with Crippen LogP contribution < -0.4 is 4.72 Å². The molecule has 5 rings (SSSR count). The molecule has 0 atom stereocenters. The number of hydrogen-bond acceptors (Lipinski definition) is 6. The molecule has 0 amide bonds. The van der Waals surface area contributed by atoms with E-state index >= 15 is 0 Å². The zero-order chi connectivity index (χ0) is 22.3. The molecule has 1 N–H and O–H groups in total. The Hall–Kier alpha value is -3.56. The number of sulfonamides is 1. The number of rotatable bonds is 5. The Morgan fingerprint density at radius 3 is 2.44 bits per heavy atom. The molecule has 3 heterocycles. The van der Waals surface area contributed by atoms with Crippen molar-refractivity contribution in [1.29, 1.82) is 0 Å². The first-order chi connectivity index (χ1) is 15.4. The lowest BCUT2D eigenvalue weighted by atomic mass is 10.1. The maximum atomic E-state index is 12.7. The van der Waals surface area contributed by atoms with Crippen LogP contribution in [0.3, 0.4) is 0 Å². The molecular weight excluding hydrogens is 442 g/mol. The number of fused-ring (bicyclic) bond motifs is 1. The second-order valence-electron chi connectivity index (χ2n) is 7.42. The van der Waals surface area contributed by atoms with Crippen molar-refractivity contribution >= 4 is 32.7 Å². The highest BCUT2D eigenvalue weighted by Gasteiger charge is 2.15. The van der Waals surface area contributed by atoms with E-state index in [1.54, 1.807) is 40.1 Å². The fourth-order valence-electron chi connectivity index (χ4n) is 3.31. The minimum atomic E-state index is -3.67. The number of aromatic nitrogens is 4. The molecule has 3 aromatic heterocycles. The van der Waals surface area contributed by atoms with Gasteiger partial charge in [0.25, 0.3) is 10.0 Å². The molecule has 0 radical (unpaired) electrons. The Bertz CT molecular complexity index is 1520. The lowest BCUT2D eigenvalue weighted by Gasteiger charge is -2.10. The molecule has 0 unspecified atom stereocenters. The summed E-state index contributed by atoms with van der Waals surface area (Å²) in [5, 5.41) is 15.1. The number of nitrogens with zero attached hydrogens (tertiary/aromatic N) is 4. The van der Waals surface area contributed by atoms with Gasteiger partial charge in [0.2, 0.25) is 0 Å². The first kappa shape index (κ1) is 20.3. The average molecular weight is 462 g/mol. The number of nitrogens with one attached hydrogen (secondary N) is 1. The second-order valence-corrected chi connectivity index (χ2v) is 10.0. The lowest BCUT2D eigenvalue weighted by Crippen LogP contribution is -2.13. The van der Waals surface area contributed by atoms with E-state index in [4.69, 9.17) is 5.10 Å². The van der Waals surface area contributed by atoms with Crippen LogP contribution in [0.1, 0.15) is 11.1 Å². The summed E-state index contributed by atoms with van der Waals surface area (Å²) in [6, 6.07) is 19.9. The van der Waals surface area contributed by atoms with Crippen molar-refractivity contribution in [1.82, 2.24) is 19.8 Å². The van der Waals surface area contributed by atoms with Crippen molar-refractivity contribution in [3.05, 3.63) is 83.2 Å². The third kappa shape index (κ3) is 3.76. The fraction of sp³-hybridized carbons (Fsp3) is 0.0870. The lowest BCUT2D eigenvalue weighted by molar-refractivity contribution is 0.601. The molecule has 0 fully saturated rings. The largest absolute Gasteiger partial charge is 0.280 e. The van der Waals surface area contributed by atoms with Gasteiger partial charge in [-0.15, -0.1) is 21.5 Å². The summed E-state index contributed by atoms with van der Waals surface area (Å²) < 4.78 is 29.9. The van der Waals surface area contributed by atoms with Gasteiger partial charge in [0, 0.05) is 11.3 Å². The summed E-state index contributed by atoms with van der Waals surface area (Å²) in [7, 11) is -3.67. The summed E-state index contributed by atoms with van der Waals surface area (Å²) in [6.45, 7) is 3.85. The predicted octanol–water partition coefficient (Wildman–Crippen LogP) is 4.94. The van der Waals surface area contributed by atoms with E-state index < -0.39 is 10.0 Å². The van der Waals surface area contributed by atoms with Gasteiger partial charge in [-0.3, -0.25) is 4.72 Å².